The lowest BCUT2D eigenvalue weighted by Crippen LogP contribution is -2.41. The molecule has 0 amide bonds. The van der Waals surface area contributed by atoms with Crippen molar-refractivity contribution < 1.29 is 14.0 Å². The van der Waals surface area contributed by atoms with Gasteiger partial charge in [0.25, 0.3) is 0 Å². The van der Waals surface area contributed by atoms with Crippen molar-refractivity contribution in [3.63, 3.8) is 0 Å². The molecule has 1 saturated heterocycles. The molecule has 3 nitrogen and oxygen atoms in total. The summed E-state index contributed by atoms with van der Waals surface area (Å²) in [5, 5.41) is 0. The predicted molar refractivity (Wildman–Crippen MR) is 53.0 cm³/mol. The van der Waals surface area contributed by atoms with Gasteiger partial charge in [0.2, 0.25) is 0 Å². The largest absolute Gasteiger partial charge is 0.463 e. The summed E-state index contributed by atoms with van der Waals surface area (Å²) >= 11 is 0. The molecule has 0 radical (unpaired) electrons. The molecule has 1 atom stereocenters. The first kappa shape index (κ1) is 10.7. The minimum atomic E-state index is -1.65. The van der Waals surface area contributed by atoms with Gasteiger partial charge in [-0.15, -0.1) is 0 Å². The van der Waals surface area contributed by atoms with Crippen LogP contribution in [0.1, 0.15) is 13.8 Å². The highest BCUT2D eigenvalue weighted by atomic mass is 28.4. The molecule has 0 aromatic heterocycles. The van der Waals surface area contributed by atoms with E-state index in [4.69, 9.17) is 9.16 Å². The van der Waals surface area contributed by atoms with Crippen LogP contribution in [-0.2, 0) is 14.0 Å². The summed E-state index contributed by atoms with van der Waals surface area (Å²) in [6, 6.07) is 0. The fourth-order valence-electron chi connectivity index (χ4n) is 1.29. The topological polar surface area (TPSA) is 35.5 Å². The monoisotopic (exact) mass is 202 g/mol. The Kier molecular flexibility index (Phi) is 2.56. The molecular weight excluding hydrogens is 184 g/mol. The zero-order chi connectivity index (χ0) is 10.3. The number of hydrogen-bond donors (Lipinski definition) is 0. The first-order valence-electron chi connectivity index (χ1n) is 4.57. The third-order valence-corrected chi connectivity index (χ3v) is 2.92. The van der Waals surface area contributed by atoms with Crippen molar-refractivity contribution in [2.45, 2.75) is 39.6 Å². The highest BCUT2D eigenvalue weighted by molar-refractivity contribution is 6.69. The Morgan fingerprint density at radius 3 is 2.31 bits per heavy atom. The smallest absolute Gasteiger partial charge is 0.334 e. The lowest BCUT2D eigenvalue weighted by Gasteiger charge is -2.28. The zero-order valence-corrected chi connectivity index (χ0v) is 10.0. The van der Waals surface area contributed by atoms with Gasteiger partial charge in [0.15, 0.2) is 14.4 Å². The fraction of sp³-hybridized carbons (Fsp3) is 0.889. The molecule has 76 valence electrons. The van der Waals surface area contributed by atoms with E-state index in [1.54, 1.807) is 0 Å². The summed E-state index contributed by atoms with van der Waals surface area (Å²) in [7, 11) is -1.65. The van der Waals surface area contributed by atoms with E-state index in [1.807, 2.05) is 13.8 Å². The average Bonchev–Trinajstić information content (AvgIpc) is 2.13. The molecule has 1 aliphatic rings. The lowest BCUT2D eigenvalue weighted by molar-refractivity contribution is -0.144. The first-order valence-corrected chi connectivity index (χ1v) is 7.98. The van der Waals surface area contributed by atoms with Crippen molar-refractivity contribution in [2.24, 2.45) is 5.41 Å². The maximum absolute atomic E-state index is 11.3. The number of esters is 1. The second kappa shape index (κ2) is 3.10. The molecule has 0 aliphatic carbocycles. The Balaban J connectivity index is 2.72. The van der Waals surface area contributed by atoms with Crippen molar-refractivity contribution >= 4 is 14.3 Å². The third-order valence-electron chi connectivity index (χ3n) is 1.98. The maximum Gasteiger partial charge on any atom is 0.334 e. The SMILES string of the molecule is CC1(C)COC(=O)C1O[Si](C)(C)C. The Morgan fingerprint density at radius 2 is 2.00 bits per heavy atom. The summed E-state index contributed by atoms with van der Waals surface area (Å²) < 4.78 is 10.8. The molecule has 0 saturated carbocycles. The molecule has 4 heteroatoms. The van der Waals surface area contributed by atoms with Crippen molar-refractivity contribution in [1.82, 2.24) is 0 Å². The van der Waals surface area contributed by atoms with Gasteiger partial charge in [0.1, 0.15) is 0 Å². The molecule has 1 unspecified atom stereocenters. The Hall–Kier alpha value is -0.353. The number of rotatable bonds is 2. The number of cyclic esters (lactones) is 1. The van der Waals surface area contributed by atoms with Gasteiger partial charge in [-0.2, -0.15) is 0 Å². The second-order valence-corrected chi connectivity index (χ2v) is 9.67. The van der Waals surface area contributed by atoms with Crippen LogP contribution in [0.15, 0.2) is 0 Å². The molecule has 0 aromatic carbocycles. The summed E-state index contributed by atoms with van der Waals surface area (Å²) in [4.78, 5) is 11.3. The number of carbonyl (C=O) groups is 1. The van der Waals surface area contributed by atoms with E-state index in [-0.39, 0.29) is 17.5 Å². The summed E-state index contributed by atoms with van der Waals surface area (Å²) in [6.45, 7) is 10.7. The second-order valence-electron chi connectivity index (χ2n) is 5.21. The highest BCUT2D eigenvalue weighted by Crippen LogP contribution is 2.32. The molecule has 1 fully saturated rings. The fourth-order valence-corrected chi connectivity index (χ4v) is 2.41. The molecule has 1 rings (SSSR count). The first-order chi connectivity index (χ1) is 5.72. The Bertz CT molecular complexity index is 217. The van der Waals surface area contributed by atoms with E-state index >= 15 is 0 Å². The summed E-state index contributed by atoms with van der Waals surface area (Å²) in [5.41, 5.74) is -0.169. The predicted octanol–water partition coefficient (Wildman–Crippen LogP) is 1.79. The van der Waals surface area contributed by atoms with Gasteiger partial charge in [0.05, 0.1) is 6.61 Å². The van der Waals surface area contributed by atoms with Crippen LogP contribution in [0.25, 0.3) is 0 Å². The van der Waals surface area contributed by atoms with Gasteiger partial charge in [-0.05, 0) is 19.6 Å². The normalized spacial score (nSPS) is 27.5. The van der Waals surface area contributed by atoms with Crippen molar-refractivity contribution in [2.75, 3.05) is 6.61 Å². The Morgan fingerprint density at radius 1 is 1.46 bits per heavy atom. The van der Waals surface area contributed by atoms with Gasteiger partial charge >= 0.3 is 5.97 Å². The third kappa shape index (κ3) is 2.54. The van der Waals surface area contributed by atoms with Crippen LogP contribution in [0.2, 0.25) is 19.6 Å². The zero-order valence-electron chi connectivity index (χ0n) is 9.01. The number of carbonyl (C=O) groups excluding carboxylic acids is 1. The average molecular weight is 202 g/mol. The molecule has 13 heavy (non-hydrogen) atoms. The molecule has 0 spiro atoms. The van der Waals surface area contributed by atoms with Gasteiger partial charge in [-0.1, -0.05) is 13.8 Å². The van der Waals surface area contributed by atoms with E-state index in [0.29, 0.717) is 6.61 Å². The summed E-state index contributed by atoms with van der Waals surface area (Å²) in [5.74, 6) is -0.201. The quantitative estimate of drug-likeness (QED) is 0.506. The van der Waals surface area contributed by atoms with E-state index in [2.05, 4.69) is 19.6 Å². The highest BCUT2D eigenvalue weighted by Gasteiger charge is 2.46. The van der Waals surface area contributed by atoms with Crippen LogP contribution in [0.5, 0.6) is 0 Å². The van der Waals surface area contributed by atoms with Crippen LogP contribution >= 0.6 is 0 Å². The molecular formula is C9H18O3Si. The molecule has 0 bridgehead atoms. The van der Waals surface area contributed by atoms with Crippen LogP contribution < -0.4 is 0 Å². The molecule has 0 N–H and O–H groups in total. The van der Waals surface area contributed by atoms with E-state index < -0.39 is 8.32 Å². The minimum absolute atomic E-state index is 0.169. The molecule has 1 heterocycles. The van der Waals surface area contributed by atoms with Crippen molar-refractivity contribution in [3.8, 4) is 0 Å². The van der Waals surface area contributed by atoms with Crippen LogP contribution in [0, 0.1) is 5.41 Å². The van der Waals surface area contributed by atoms with Crippen molar-refractivity contribution in [1.29, 1.82) is 0 Å². The summed E-state index contributed by atoms with van der Waals surface area (Å²) in [6.07, 6.45) is -0.362. The maximum atomic E-state index is 11.3. The number of hydrogen-bond acceptors (Lipinski definition) is 3. The van der Waals surface area contributed by atoms with Crippen LogP contribution in [0.3, 0.4) is 0 Å². The van der Waals surface area contributed by atoms with Crippen LogP contribution in [-0.4, -0.2) is 27.0 Å². The van der Waals surface area contributed by atoms with Gasteiger partial charge < -0.3 is 9.16 Å². The van der Waals surface area contributed by atoms with E-state index in [1.165, 1.54) is 0 Å². The van der Waals surface area contributed by atoms with Crippen molar-refractivity contribution in [3.05, 3.63) is 0 Å². The van der Waals surface area contributed by atoms with Gasteiger partial charge in [-0.25, -0.2) is 4.79 Å². The van der Waals surface area contributed by atoms with E-state index in [9.17, 15) is 4.79 Å². The lowest BCUT2D eigenvalue weighted by atomic mass is 9.90. The number of ether oxygens (including phenoxy) is 1. The van der Waals surface area contributed by atoms with Gasteiger partial charge in [-0.3, -0.25) is 0 Å². The molecule has 0 aromatic rings. The molecule has 1 aliphatic heterocycles. The Labute approximate surface area is 80.5 Å². The van der Waals surface area contributed by atoms with E-state index in [0.717, 1.165) is 0 Å². The van der Waals surface area contributed by atoms with Gasteiger partial charge in [0, 0.05) is 5.41 Å². The van der Waals surface area contributed by atoms with Crippen LogP contribution in [0.4, 0.5) is 0 Å². The standard InChI is InChI=1S/C9H18O3Si/c1-9(2)6-11-8(10)7(9)12-13(3,4)5/h7H,6H2,1-5H3. The minimum Gasteiger partial charge on any atom is -0.463 e.